The number of nitrogens with zero attached hydrogens (tertiary/aromatic N) is 6. The van der Waals surface area contributed by atoms with E-state index in [0.717, 1.165) is 55.2 Å². The fourth-order valence-electron chi connectivity index (χ4n) is 12.2. The van der Waals surface area contributed by atoms with Gasteiger partial charge in [0.25, 0.3) is 23.6 Å². The fourth-order valence-corrected chi connectivity index (χ4v) is 12.4. The number of fused-ring (bicyclic) bond motifs is 2. The lowest BCUT2D eigenvalue weighted by Crippen LogP contribution is -2.74. The number of rotatable bonds is 7. The number of carbonyl (C=O) groups excluding carboxylic acids is 6. The summed E-state index contributed by atoms with van der Waals surface area (Å²) in [5.41, 5.74) is 3.33. The summed E-state index contributed by atoms with van der Waals surface area (Å²) in [6, 6.07) is 17.3. The molecule has 3 aromatic carbocycles. The summed E-state index contributed by atoms with van der Waals surface area (Å²) in [6.45, 7) is 13.4. The molecule has 1 unspecified atom stereocenters. The molecule has 1 atom stereocenters. The molecule has 1 N–H and O–H groups in total. The summed E-state index contributed by atoms with van der Waals surface area (Å²) in [7, 11) is 0. The van der Waals surface area contributed by atoms with Gasteiger partial charge in [0, 0.05) is 103 Å². The highest BCUT2D eigenvalue weighted by Gasteiger charge is 2.67. The molecule has 2 aliphatic carbocycles. The lowest BCUT2D eigenvalue weighted by Gasteiger charge is -2.65. The first-order valence-electron chi connectivity index (χ1n) is 21.4. The van der Waals surface area contributed by atoms with Crippen molar-refractivity contribution in [1.82, 2.24) is 24.9 Å². The lowest BCUT2D eigenvalue weighted by atomic mass is 9.49. The van der Waals surface area contributed by atoms with Gasteiger partial charge in [0.15, 0.2) is 0 Å². The van der Waals surface area contributed by atoms with Crippen LogP contribution in [0.2, 0.25) is 5.02 Å². The topological polar surface area (TPSA) is 164 Å². The standard InChI is InChI=1S/C47H48ClN7O7/c1-45(2)43(46(3,4)44(45)62-31-8-5-27(22-49)35(48)19-31)54-23-28-17-26(6-9-32(28)40(54)59)39(58)52-15-13-51(14-16-52)30-20-47(21-30)24-53(25-47)29-7-10-33-34(18-29)42(61)55(41(33)60)36-11-12-37(56)50-38(36)57/h5-10,17-19,30,36,43-44H,11-16,20-21,23-25H2,1-4H3,(H,50,56,57)/t36?,43-,44-. The number of imide groups is 2. The molecule has 5 heterocycles. The number of piperazine rings is 1. The van der Waals surface area contributed by atoms with Crippen molar-refractivity contribution in [3.8, 4) is 11.8 Å². The molecule has 14 nitrogen and oxygen atoms in total. The second-order valence-electron chi connectivity index (χ2n) is 19.5. The van der Waals surface area contributed by atoms with Gasteiger partial charge in [-0.2, -0.15) is 5.26 Å². The number of piperidine rings is 1. The number of hydrogen-bond acceptors (Lipinski definition) is 10. The molecule has 320 valence electrons. The van der Waals surface area contributed by atoms with Gasteiger partial charge in [-0.25, -0.2) is 0 Å². The van der Waals surface area contributed by atoms with Crippen LogP contribution in [0.3, 0.4) is 0 Å². The van der Waals surface area contributed by atoms with Crippen LogP contribution in [-0.4, -0.2) is 119 Å². The van der Waals surface area contributed by atoms with Gasteiger partial charge in [-0.1, -0.05) is 39.3 Å². The van der Waals surface area contributed by atoms with Crippen LogP contribution in [0.25, 0.3) is 0 Å². The maximum absolute atomic E-state index is 13.9. The highest BCUT2D eigenvalue weighted by molar-refractivity contribution is 6.31. The Morgan fingerprint density at radius 3 is 2.21 bits per heavy atom. The van der Waals surface area contributed by atoms with Crippen LogP contribution in [-0.2, 0) is 16.1 Å². The van der Waals surface area contributed by atoms with Crippen LogP contribution < -0.4 is 15.0 Å². The van der Waals surface area contributed by atoms with Crippen molar-refractivity contribution in [3.63, 3.8) is 0 Å². The largest absolute Gasteiger partial charge is 0.489 e. The third-order valence-corrected chi connectivity index (χ3v) is 15.2. The molecule has 1 spiro atoms. The van der Waals surface area contributed by atoms with Crippen molar-refractivity contribution in [2.75, 3.05) is 44.2 Å². The quantitative estimate of drug-likeness (QED) is 0.324. The molecule has 5 fully saturated rings. The molecule has 0 radical (unpaired) electrons. The molecule has 15 heteroatoms. The molecule has 0 aromatic heterocycles. The Balaban J connectivity index is 0.713. The number of amides is 6. The summed E-state index contributed by atoms with van der Waals surface area (Å²) >= 11 is 6.30. The summed E-state index contributed by atoms with van der Waals surface area (Å²) in [5, 5.41) is 11.9. The number of ether oxygens (including phenoxy) is 1. The Bertz CT molecular complexity index is 2530. The van der Waals surface area contributed by atoms with Gasteiger partial charge in [0.05, 0.1) is 21.7 Å². The van der Waals surface area contributed by atoms with E-state index in [4.69, 9.17) is 16.3 Å². The van der Waals surface area contributed by atoms with E-state index in [1.54, 1.807) is 42.5 Å². The minimum atomic E-state index is -0.987. The van der Waals surface area contributed by atoms with Gasteiger partial charge in [-0.3, -0.25) is 43.9 Å². The third kappa shape index (κ3) is 6.13. The van der Waals surface area contributed by atoms with Gasteiger partial charge in [0.2, 0.25) is 11.8 Å². The van der Waals surface area contributed by atoms with Crippen molar-refractivity contribution < 1.29 is 33.5 Å². The maximum Gasteiger partial charge on any atom is 0.262 e. The smallest absolute Gasteiger partial charge is 0.262 e. The minimum Gasteiger partial charge on any atom is -0.489 e. The van der Waals surface area contributed by atoms with E-state index < -0.39 is 40.5 Å². The monoisotopic (exact) mass is 857 g/mol. The number of anilines is 1. The predicted octanol–water partition coefficient (Wildman–Crippen LogP) is 4.88. The predicted molar refractivity (Wildman–Crippen MR) is 227 cm³/mol. The first-order valence-corrected chi connectivity index (χ1v) is 21.8. The number of nitrogens with one attached hydrogen (secondary N) is 1. The van der Waals surface area contributed by atoms with E-state index in [2.05, 4.69) is 48.9 Å². The summed E-state index contributed by atoms with van der Waals surface area (Å²) in [5.74, 6) is -1.50. The average Bonchev–Trinajstić information content (AvgIpc) is 3.65. The van der Waals surface area contributed by atoms with Gasteiger partial charge >= 0.3 is 0 Å². The molecular formula is C47H48ClN7O7. The Morgan fingerprint density at radius 1 is 0.839 bits per heavy atom. The number of hydrogen-bond donors (Lipinski definition) is 1. The normalized spacial score (nSPS) is 26.1. The number of carbonyl (C=O) groups is 6. The minimum absolute atomic E-state index is 0.0216. The van der Waals surface area contributed by atoms with Crippen LogP contribution in [0.15, 0.2) is 54.6 Å². The van der Waals surface area contributed by atoms with E-state index in [-0.39, 0.29) is 47.8 Å². The first kappa shape index (κ1) is 40.3. The van der Waals surface area contributed by atoms with Crippen LogP contribution in [0.1, 0.15) is 106 Å². The second-order valence-corrected chi connectivity index (χ2v) is 19.9. The molecule has 5 aliphatic heterocycles. The van der Waals surface area contributed by atoms with Gasteiger partial charge < -0.3 is 19.4 Å². The number of nitriles is 1. The summed E-state index contributed by atoms with van der Waals surface area (Å²) in [4.78, 5) is 87.9. The summed E-state index contributed by atoms with van der Waals surface area (Å²) < 4.78 is 6.47. The van der Waals surface area contributed by atoms with Crippen LogP contribution >= 0.6 is 11.6 Å². The molecule has 6 amide bonds. The molecule has 3 aromatic rings. The van der Waals surface area contributed by atoms with Crippen molar-refractivity contribution in [3.05, 3.63) is 93.0 Å². The SMILES string of the molecule is CC1(C)[C@H](Oc2ccc(C#N)c(Cl)c2)C(C)(C)[C@H]1N1Cc2cc(C(=O)N3CCN(C4CC5(C4)CN(c4ccc6c(c4)C(=O)N(C4CCC(=O)NC4=O)C6=O)C5)CC3)ccc2C1=O. The molecule has 3 saturated heterocycles. The van der Waals surface area contributed by atoms with Gasteiger partial charge in [0.1, 0.15) is 24.0 Å². The molecule has 2 saturated carbocycles. The Hall–Kier alpha value is -5.78. The Morgan fingerprint density at radius 2 is 1.53 bits per heavy atom. The van der Waals surface area contributed by atoms with Crippen molar-refractivity contribution in [1.29, 1.82) is 5.26 Å². The van der Waals surface area contributed by atoms with Crippen molar-refractivity contribution >= 4 is 52.7 Å². The fraction of sp³-hybridized carbons (Fsp3) is 0.468. The van der Waals surface area contributed by atoms with E-state index in [1.807, 2.05) is 21.9 Å². The van der Waals surface area contributed by atoms with Crippen LogP contribution in [0.5, 0.6) is 5.75 Å². The van der Waals surface area contributed by atoms with E-state index >= 15 is 0 Å². The molecular weight excluding hydrogens is 810 g/mol. The van der Waals surface area contributed by atoms with Gasteiger partial charge in [-0.15, -0.1) is 0 Å². The lowest BCUT2D eigenvalue weighted by molar-refractivity contribution is -0.199. The Labute approximate surface area is 364 Å². The third-order valence-electron chi connectivity index (χ3n) is 14.9. The summed E-state index contributed by atoms with van der Waals surface area (Å²) in [6.07, 6.45) is 2.11. The molecule has 62 heavy (non-hydrogen) atoms. The Kier molecular flexibility index (Phi) is 9.18. The van der Waals surface area contributed by atoms with Crippen molar-refractivity contribution in [2.24, 2.45) is 16.2 Å². The highest BCUT2D eigenvalue weighted by Crippen LogP contribution is 2.59. The van der Waals surface area contributed by atoms with E-state index in [9.17, 15) is 34.0 Å². The number of benzene rings is 3. The number of halogens is 1. The second kappa shape index (κ2) is 14.1. The van der Waals surface area contributed by atoms with E-state index in [1.165, 1.54) is 0 Å². The average molecular weight is 858 g/mol. The zero-order chi connectivity index (χ0) is 43.6. The van der Waals surface area contributed by atoms with Gasteiger partial charge in [-0.05, 0) is 73.4 Å². The maximum atomic E-state index is 13.9. The molecule has 10 rings (SSSR count). The van der Waals surface area contributed by atoms with Crippen LogP contribution in [0.4, 0.5) is 5.69 Å². The van der Waals surface area contributed by atoms with E-state index in [0.29, 0.717) is 58.7 Å². The van der Waals surface area contributed by atoms with Crippen molar-refractivity contribution in [2.45, 2.75) is 84.2 Å². The molecule has 7 aliphatic rings. The van der Waals surface area contributed by atoms with Crippen LogP contribution in [0, 0.1) is 27.6 Å². The molecule has 0 bridgehead atoms. The zero-order valence-electron chi connectivity index (χ0n) is 35.2. The highest BCUT2D eigenvalue weighted by atomic mass is 35.5. The zero-order valence-corrected chi connectivity index (χ0v) is 36.0. The first-order chi connectivity index (χ1) is 29.5.